The summed E-state index contributed by atoms with van der Waals surface area (Å²) in [6, 6.07) is 4.26. The zero-order valence-corrected chi connectivity index (χ0v) is 12.4. The van der Waals surface area contributed by atoms with Gasteiger partial charge in [-0.05, 0) is 40.9 Å². The van der Waals surface area contributed by atoms with Gasteiger partial charge >= 0.3 is 5.97 Å². The molecule has 0 atom stereocenters. The largest absolute Gasteiger partial charge is 0.481 e. The Bertz CT molecular complexity index is 521. The number of hydrogen-bond acceptors (Lipinski definition) is 2. The first-order chi connectivity index (χ1) is 9.46. The van der Waals surface area contributed by atoms with Crippen LogP contribution in [0, 0.1) is 11.2 Å². The average Bonchev–Trinajstić information content (AvgIpc) is 2.86. The van der Waals surface area contributed by atoms with Crippen LogP contribution in [0.5, 0.6) is 0 Å². The van der Waals surface area contributed by atoms with Crippen molar-refractivity contribution < 1.29 is 19.1 Å². The molecule has 1 aromatic rings. The van der Waals surface area contributed by atoms with E-state index in [1.165, 1.54) is 12.1 Å². The fourth-order valence-electron chi connectivity index (χ4n) is 2.57. The second-order valence-electron chi connectivity index (χ2n) is 5.07. The van der Waals surface area contributed by atoms with E-state index in [0.29, 0.717) is 17.3 Å². The number of carboxylic acids is 1. The van der Waals surface area contributed by atoms with Crippen molar-refractivity contribution in [1.29, 1.82) is 0 Å². The monoisotopic (exact) mass is 343 g/mol. The summed E-state index contributed by atoms with van der Waals surface area (Å²) < 4.78 is 14.0. The Kier molecular flexibility index (Phi) is 4.42. The first-order valence-electron chi connectivity index (χ1n) is 6.42. The molecule has 2 rings (SSSR count). The smallest absolute Gasteiger partial charge is 0.311 e. The average molecular weight is 344 g/mol. The first kappa shape index (κ1) is 15.0. The summed E-state index contributed by atoms with van der Waals surface area (Å²) in [4.78, 5) is 23.4. The molecule has 1 aliphatic rings. The minimum atomic E-state index is -0.909. The lowest BCUT2D eigenvalue weighted by Crippen LogP contribution is -2.41. The standard InChI is InChI=1S/C14H15BrFNO3/c15-9-4-3-5-10(16)11(9)12(18)17-8-14(13(19)20)6-1-2-7-14/h3-5H,1-2,6-8H2,(H,17,18)(H,19,20). The van der Waals surface area contributed by atoms with Crippen LogP contribution in [0.1, 0.15) is 36.0 Å². The van der Waals surface area contributed by atoms with Crippen LogP contribution >= 0.6 is 15.9 Å². The van der Waals surface area contributed by atoms with Crippen molar-refractivity contribution in [2.24, 2.45) is 5.41 Å². The number of benzene rings is 1. The summed E-state index contributed by atoms with van der Waals surface area (Å²) in [7, 11) is 0. The predicted molar refractivity (Wildman–Crippen MR) is 75.0 cm³/mol. The van der Waals surface area contributed by atoms with Gasteiger partial charge in [0.05, 0.1) is 11.0 Å². The molecule has 0 spiro atoms. The molecule has 1 fully saturated rings. The molecule has 2 N–H and O–H groups in total. The van der Waals surface area contributed by atoms with Crippen LogP contribution in [0.4, 0.5) is 4.39 Å². The molecule has 0 heterocycles. The molecule has 0 saturated heterocycles. The predicted octanol–water partition coefficient (Wildman–Crippen LogP) is 2.96. The second kappa shape index (κ2) is 5.91. The van der Waals surface area contributed by atoms with Crippen LogP contribution < -0.4 is 5.32 Å². The van der Waals surface area contributed by atoms with Gasteiger partial charge < -0.3 is 10.4 Å². The Hall–Kier alpha value is -1.43. The third kappa shape index (κ3) is 2.85. The lowest BCUT2D eigenvalue weighted by Gasteiger charge is -2.24. The zero-order chi connectivity index (χ0) is 14.8. The third-order valence-electron chi connectivity index (χ3n) is 3.79. The molecule has 6 heteroatoms. The van der Waals surface area contributed by atoms with Crippen LogP contribution in [0.2, 0.25) is 0 Å². The molecule has 0 aliphatic heterocycles. The number of halogens is 2. The minimum absolute atomic E-state index is 0.0297. The zero-order valence-electron chi connectivity index (χ0n) is 10.8. The first-order valence-corrected chi connectivity index (χ1v) is 7.21. The molecule has 1 aromatic carbocycles. The fourth-order valence-corrected chi connectivity index (χ4v) is 3.09. The Morgan fingerprint density at radius 2 is 2.00 bits per heavy atom. The van der Waals surface area contributed by atoms with Crippen LogP contribution in [0.25, 0.3) is 0 Å². The second-order valence-corrected chi connectivity index (χ2v) is 5.93. The summed E-state index contributed by atoms with van der Waals surface area (Å²) in [6.07, 6.45) is 2.76. The van der Waals surface area contributed by atoms with Gasteiger partial charge in [0, 0.05) is 11.0 Å². The normalized spacial score (nSPS) is 16.9. The lowest BCUT2D eigenvalue weighted by atomic mass is 9.86. The Balaban J connectivity index is 2.11. The number of aliphatic carboxylic acids is 1. The highest BCUT2D eigenvalue weighted by molar-refractivity contribution is 9.10. The Labute approximate surface area is 124 Å². The van der Waals surface area contributed by atoms with Gasteiger partial charge in [-0.1, -0.05) is 18.9 Å². The third-order valence-corrected chi connectivity index (χ3v) is 4.45. The number of nitrogens with one attached hydrogen (secondary N) is 1. The van der Waals surface area contributed by atoms with E-state index in [9.17, 15) is 19.1 Å². The number of carbonyl (C=O) groups excluding carboxylic acids is 1. The van der Waals surface area contributed by atoms with E-state index in [4.69, 9.17) is 0 Å². The van der Waals surface area contributed by atoms with E-state index in [1.54, 1.807) is 6.07 Å². The summed E-state index contributed by atoms with van der Waals surface area (Å²) in [5, 5.41) is 11.9. The van der Waals surface area contributed by atoms with E-state index in [0.717, 1.165) is 12.8 Å². The maximum absolute atomic E-state index is 13.6. The van der Waals surface area contributed by atoms with E-state index >= 15 is 0 Å². The van der Waals surface area contributed by atoms with Crippen molar-refractivity contribution in [2.45, 2.75) is 25.7 Å². The molecule has 4 nitrogen and oxygen atoms in total. The van der Waals surface area contributed by atoms with Gasteiger partial charge in [-0.15, -0.1) is 0 Å². The number of rotatable bonds is 4. The highest BCUT2D eigenvalue weighted by Crippen LogP contribution is 2.37. The molecule has 0 unspecified atom stereocenters. The molecule has 20 heavy (non-hydrogen) atoms. The van der Waals surface area contributed by atoms with Crippen molar-refractivity contribution in [2.75, 3.05) is 6.54 Å². The van der Waals surface area contributed by atoms with Crippen LogP contribution in [0.3, 0.4) is 0 Å². The Morgan fingerprint density at radius 1 is 1.35 bits per heavy atom. The maximum Gasteiger partial charge on any atom is 0.311 e. The highest BCUT2D eigenvalue weighted by Gasteiger charge is 2.41. The molecule has 0 aromatic heterocycles. The molecule has 1 aliphatic carbocycles. The summed E-state index contributed by atoms with van der Waals surface area (Å²) in [6.45, 7) is 0.0297. The highest BCUT2D eigenvalue weighted by atomic mass is 79.9. The quantitative estimate of drug-likeness (QED) is 0.883. The fraction of sp³-hybridized carbons (Fsp3) is 0.429. The van der Waals surface area contributed by atoms with Gasteiger partial charge in [-0.2, -0.15) is 0 Å². The SMILES string of the molecule is O=C(NCC1(C(=O)O)CCCC1)c1c(F)cccc1Br. The summed E-state index contributed by atoms with van der Waals surface area (Å²) >= 11 is 3.13. The molecular weight excluding hydrogens is 329 g/mol. The van der Waals surface area contributed by atoms with Crippen molar-refractivity contribution >= 4 is 27.8 Å². The van der Waals surface area contributed by atoms with Gasteiger partial charge in [0.2, 0.25) is 0 Å². The van der Waals surface area contributed by atoms with Crippen molar-refractivity contribution in [3.63, 3.8) is 0 Å². The van der Waals surface area contributed by atoms with Crippen molar-refractivity contribution in [1.82, 2.24) is 5.32 Å². The van der Waals surface area contributed by atoms with Gasteiger partial charge in [-0.25, -0.2) is 4.39 Å². The topological polar surface area (TPSA) is 66.4 Å². The van der Waals surface area contributed by atoms with Crippen molar-refractivity contribution in [3.05, 3.63) is 34.1 Å². The van der Waals surface area contributed by atoms with Gasteiger partial charge in [0.15, 0.2) is 0 Å². The van der Waals surface area contributed by atoms with Gasteiger partial charge in [0.25, 0.3) is 5.91 Å². The van der Waals surface area contributed by atoms with Gasteiger partial charge in [-0.3, -0.25) is 9.59 Å². The molecular formula is C14H15BrFNO3. The van der Waals surface area contributed by atoms with Crippen molar-refractivity contribution in [3.8, 4) is 0 Å². The minimum Gasteiger partial charge on any atom is -0.481 e. The molecule has 1 amide bonds. The molecule has 1 saturated carbocycles. The van der Waals surface area contributed by atoms with Gasteiger partial charge in [0.1, 0.15) is 5.82 Å². The van der Waals surface area contributed by atoms with E-state index in [1.807, 2.05) is 0 Å². The maximum atomic E-state index is 13.6. The van der Waals surface area contributed by atoms with E-state index in [-0.39, 0.29) is 12.1 Å². The lowest BCUT2D eigenvalue weighted by molar-refractivity contribution is -0.148. The number of carboxylic acid groups (broad SMARTS) is 1. The van der Waals surface area contributed by atoms with Crippen LogP contribution in [-0.2, 0) is 4.79 Å². The number of hydrogen-bond donors (Lipinski definition) is 2. The number of amides is 1. The molecule has 0 bridgehead atoms. The van der Waals surface area contributed by atoms with Crippen LogP contribution in [0.15, 0.2) is 22.7 Å². The summed E-state index contributed by atoms with van der Waals surface area (Å²) in [5.74, 6) is -2.13. The number of carbonyl (C=O) groups is 2. The molecule has 0 radical (unpaired) electrons. The summed E-state index contributed by atoms with van der Waals surface area (Å²) in [5.41, 5.74) is -1.00. The molecule has 108 valence electrons. The van der Waals surface area contributed by atoms with E-state index in [2.05, 4.69) is 21.2 Å². The van der Waals surface area contributed by atoms with E-state index < -0.39 is 23.1 Å². The Morgan fingerprint density at radius 3 is 2.55 bits per heavy atom. The van der Waals surface area contributed by atoms with Crippen LogP contribution in [-0.4, -0.2) is 23.5 Å².